The number of hydrogen-bond donors (Lipinski definition) is 1. The van der Waals surface area contributed by atoms with Gasteiger partial charge in [0, 0.05) is 12.1 Å². The number of unbranched alkanes of at least 4 members (excludes halogenated alkanes) is 4. The first-order chi connectivity index (χ1) is 7.19. The summed E-state index contributed by atoms with van der Waals surface area (Å²) in [5, 5.41) is 3.66. The number of rotatable bonds is 7. The fourth-order valence-corrected chi connectivity index (χ4v) is 2.17. The first-order valence-corrected chi connectivity index (χ1v) is 6.55. The van der Waals surface area contributed by atoms with Crippen LogP contribution in [0.15, 0.2) is 0 Å². The Hall–Kier alpha value is -0.0800. The topological polar surface area (TPSA) is 21.3 Å². The molecule has 0 aromatic carbocycles. The molecule has 15 heavy (non-hydrogen) atoms. The molecule has 1 aliphatic rings. The Morgan fingerprint density at radius 3 is 2.60 bits per heavy atom. The predicted octanol–water partition coefficient (Wildman–Crippen LogP) is 3.11. The molecule has 0 aromatic heterocycles. The van der Waals surface area contributed by atoms with Crippen LogP contribution in [-0.4, -0.2) is 24.8 Å². The molecule has 0 aromatic rings. The summed E-state index contributed by atoms with van der Waals surface area (Å²) in [7, 11) is 0. The van der Waals surface area contributed by atoms with E-state index in [2.05, 4.69) is 26.1 Å². The molecule has 0 radical (unpaired) electrons. The summed E-state index contributed by atoms with van der Waals surface area (Å²) < 4.78 is 5.60. The molecule has 0 saturated carbocycles. The van der Waals surface area contributed by atoms with E-state index in [1.54, 1.807) is 0 Å². The van der Waals surface area contributed by atoms with E-state index in [1.165, 1.54) is 32.1 Å². The van der Waals surface area contributed by atoms with Crippen LogP contribution in [0, 0.1) is 0 Å². The second-order valence-electron chi connectivity index (χ2n) is 5.02. The van der Waals surface area contributed by atoms with Gasteiger partial charge in [0.15, 0.2) is 0 Å². The van der Waals surface area contributed by atoms with Gasteiger partial charge in [-0.15, -0.1) is 0 Å². The largest absolute Gasteiger partial charge is 0.377 e. The lowest BCUT2D eigenvalue weighted by Crippen LogP contribution is -2.48. The number of hydrogen-bond acceptors (Lipinski definition) is 2. The number of ether oxygens (including phenoxy) is 1. The van der Waals surface area contributed by atoms with Crippen LogP contribution >= 0.6 is 0 Å². The highest BCUT2D eigenvalue weighted by molar-refractivity contribution is 4.93. The van der Waals surface area contributed by atoms with Crippen molar-refractivity contribution in [2.24, 2.45) is 0 Å². The molecule has 2 heteroatoms. The average Bonchev–Trinajstić information content (AvgIpc) is 2.54. The van der Waals surface area contributed by atoms with Gasteiger partial charge in [-0.1, -0.05) is 32.6 Å². The first kappa shape index (κ1) is 13.0. The van der Waals surface area contributed by atoms with Crippen molar-refractivity contribution >= 4 is 0 Å². The summed E-state index contributed by atoms with van der Waals surface area (Å²) in [6.45, 7) is 8.79. The van der Waals surface area contributed by atoms with Crippen LogP contribution in [0.2, 0.25) is 0 Å². The van der Waals surface area contributed by atoms with Crippen molar-refractivity contribution in [3.8, 4) is 0 Å². The maximum atomic E-state index is 5.60. The Balaban J connectivity index is 2.04. The lowest BCUT2D eigenvalue weighted by atomic mass is 9.94. The van der Waals surface area contributed by atoms with E-state index in [-0.39, 0.29) is 5.54 Å². The van der Waals surface area contributed by atoms with E-state index >= 15 is 0 Å². The van der Waals surface area contributed by atoms with Crippen LogP contribution < -0.4 is 5.32 Å². The van der Waals surface area contributed by atoms with Gasteiger partial charge in [0.25, 0.3) is 0 Å². The van der Waals surface area contributed by atoms with Crippen molar-refractivity contribution in [3.05, 3.63) is 0 Å². The molecule has 90 valence electrons. The normalized spacial score (nSPS) is 31.0. The molecular weight excluding hydrogens is 186 g/mol. The van der Waals surface area contributed by atoms with E-state index in [0.717, 1.165) is 19.6 Å². The lowest BCUT2D eigenvalue weighted by Gasteiger charge is -2.29. The molecule has 1 N–H and O–H groups in total. The van der Waals surface area contributed by atoms with Gasteiger partial charge in [-0.05, 0) is 33.2 Å². The molecule has 0 aliphatic carbocycles. The third kappa shape index (κ3) is 4.12. The number of nitrogens with one attached hydrogen (secondary N) is 1. The summed E-state index contributed by atoms with van der Waals surface area (Å²) in [5.74, 6) is 0. The van der Waals surface area contributed by atoms with Crippen molar-refractivity contribution in [1.82, 2.24) is 5.32 Å². The molecule has 2 atom stereocenters. The van der Waals surface area contributed by atoms with Crippen molar-refractivity contribution in [3.63, 3.8) is 0 Å². The lowest BCUT2D eigenvalue weighted by molar-refractivity contribution is 0.0886. The maximum Gasteiger partial charge on any atom is 0.0726 e. The molecule has 1 rings (SSSR count). The second kappa shape index (κ2) is 6.49. The quantitative estimate of drug-likeness (QED) is 0.656. The smallest absolute Gasteiger partial charge is 0.0726 e. The summed E-state index contributed by atoms with van der Waals surface area (Å²) in [5.41, 5.74) is 0.227. The van der Waals surface area contributed by atoms with Crippen molar-refractivity contribution in [2.75, 3.05) is 13.2 Å². The summed E-state index contributed by atoms with van der Waals surface area (Å²) in [4.78, 5) is 0. The Bertz CT molecular complexity index is 172. The molecule has 1 heterocycles. The summed E-state index contributed by atoms with van der Waals surface area (Å²) in [6.07, 6.45) is 8.30. The fraction of sp³-hybridized carbons (Fsp3) is 1.00. The Kier molecular flexibility index (Phi) is 5.62. The third-order valence-electron chi connectivity index (χ3n) is 3.70. The van der Waals surface area contributed by atoms with E-state index < -0.39 is 0 Å². The fourth-order valence-electron chi connectivity index (χ4n) is 2.17. The molecule has 0 spiro atoms. The third-order valence-corrected chi connectivity index (χ3v) is 3.70. The van der Waals surface area contributed by atoms with Crippen LogP contribution in [0.4, 0.5) is 0 Å². The molecular formula is C13H27NO. The Morgan fingerprint density at radius 2 is 2.00 bits per heavy atom. The van der Waals surface area contributed by atoms with Crippen molar-refractivity contribution in [1.29, 1.82) is 0 Å². The monoisotopic (exact) mass is 213 g/mol. The van der Waals surface area contributed by atoms with Gasteiger partial charge in [-0.25, -0.2) is 0 Å². The zero-order chi connectivity index (χ0) is 11.1. The molecule has 1 saturated heterocycles. The van der Waals surface area contributed by atoms with E-state index in [9.17, 15) is 0 Å². The standard InChI is InChI=1S/C13H27NO/c1-4-5-6-7-8-10-14-13(3)9-11-15-12(13)2/h12,14H,4-11H2,1-3H3. The van der Waals surface area contributed by atoms with E-state index in [1.807, 2.05) is 0 Å². The van der Waals surface area contributed by atoms with Crippen LogP contribution in [0.5, 0.6) is 0 Å². The van der Waals surface area contributed by atoms with Gasteiger partial charge in [-0.2, -0.15) is 0 Å². The summed E-state index contributed by atoms with van der Waals surface area (Å²) in [6, 6.07) is 0. The van der Waals surface area contributed by atoms with Crippen LogP contribution in [0.25, 0.3) is 0 Å². The van der Waals surface area contributed by atoms with Gasteiger partial charge in [0.05, 0.1) is 6.10 Å². The van der Waals surface area contributed by atoms with Crippen LogP contribution in [-0.2, 0) is 4.74 Å². The molecule has 1 fully saturated rings. The Morgan fingerprint density at radius 1 is 1.27 bits per heavy atom. The van der Waals surface area contributed by atoms with E-state index in [4.69, 9.17) is 4.74 Å². The maximum absolute atomic E-state index is 5.60. The highest BCUT2D eigenvalue weighted by Gasteiger charge is 2.35. The zero-order valence-electron chi connectivity index (χ0n) is 10.6. The molecule has 2 nitrogen and oxygen atoms in total. The van der Waals surface area contributed by atoms with Crippen molar-refractivity contribution in [2.45, 2.75) is 70.9 Å². The minimum absolute atomic E-state index is 0.227. The van der Waals surface area contributed by atoms with Gasteiger partial charge >= 0.3 is 0 Å². The van der Waals surface area contributed by atoms with Crippen LogP contribution in [0.1, 0.15) is 59.3 Å². The minimum atomic E-state index is 0.227. The summed E-state index contributed by atoms with van der Waals surface area (Å²) >= 11 is 0. The van der Waals surface area contributed by atoms with Gasteiger partial charge in [0.1, 0.15) is 0 Å². The highest BCUT2D eigenvalue weighted by Crippen LogP contribution is 2.24. The average molecular weight is 213 g/mol. The minimum Gasteiger partial charge on any atom is -0.377 e. The second-order valence-corrected chi connectivity index (χ2v) is 5.02. The zero-order valence-corrected chi connectivity index (χ0v) is 10.6. The van der Waals surface area contributed by atoms with Gasteiger partial charge in [0.2, 0.25) is 0 Å². The molecule has 1 aliphatic heterocycles. The first-order valence-electron chi connectivity index (χ1n) is 6.55. The van der Waals surface area contributed by atoms with E-state index in [0.29, 0.717) is 6.10 Å². The van der Waals surface area contributed by atoms with Gasteiger partial charge < -0.3 is 10.1 Å². The molecule has 0 amide bonds. The molecule has 0 bridgehead atoms. The van der Waals surface area contributed by atoms with Crippen molar-refractivity contribution < 1.29 is 4.74 Å². The van der Waals surface area contributed by atoms with Crippen LogP contribution in [0.3, 0.4) is 0 Å². The highest BCUT2D eigenvalue weighted by atomic mass is 16.5. The SMILES string of the molecule is CCCCCCCNC1(C)CCOC1C. The molecule has 2 unspecified atom stereocenters. The van der Waals surface area contributed by atoms with Gasteiger partial charge in [-0.3, -0.25) is 0 Å². The Labute approximate surface area is 94.8 Å². The predicted molar refractivity (Wildman–Crippen MR) is 65.2 cm³/mol.